The smallest absolute Gasteiger partial charge is 0.124 e. The van der Waals surface area contributed by atoms with E-state index in [0.29, 0.717) is 21.2 Å². The fourth-order valence-corrected chi connectivity index (χ4v) is 2.94. The topological polar surface area (TPSA) is 43.1 Å². The van der Waals surface area contributed by atoms with Crippen LogP contribution in [0.2, 0.25) is 5.02 Å². The Labute approximate surface area is 112 Å². The summed E-state index contributed by atoms with van der Waals surface area (Å²) in [5.41, 5.74) is 6.84. The first-order valence-corrected chi connectivity index (χ1v) is 6.94. The Kier molecular flexibility index (Phi) is 3.99. The molecule has 2 rings (SSSR count). The van der Waals surface area contributed by atoms with Crippen molar-refractivity contribution in [3.8, 4) is 0 Å². The zero-order valence-electron chi connectivity index (χ0n) is 9.40. The molecular formula is C13H11ClFNOS. The minimum Gasteiger partial charge on any atom is -0.399 e. The standard InChI is InChI=1S/C13H11ClFNOS/c14-13-7-10(15)2-1-9(13)8-18(17)12-5-3-11(16)4-6-12/h1-7H,8,16H2. The number of benzene rings is 2. The summed E-state index contributed by atoms with van der Waals surface area (Å²) in [4.78, 5) is 0.671. The van der Waals surface area contributed by atoms with E-state index in [1.54, 1.807) is 30.3 Å². The first-order chi connectivity index (χ1) is 8.56. The summed E-state index contributed by atoms with van der Waals surface area (Å²) in [6.45, 7) is 0. The van der Waals surface area contributed by atoms with Gasteiger partial charge in [-0.15, -0.1) is 0 Å². The van der Waals surface area contributed by atoms with Crippen LogP contribution >= 0.6 is 11.6 Å². The molecule has 0 saturated heterocycles. The third-order valence-electron chi connectivity index (χ3n) is 2.44. The molecular weight excluding hydrogens is 273 g/mol. The maximum absolute atomic E-state index is 12.9. The van der Waals surface area contributed by atoms with E-state index >= 15 is 0 Å². The number of halogens is 2. The van der Waals surface area contributed by atoms with E-state index in [-0.39, 0.29) is 5.75 Å². The molecule has 0 radical (unpaired) electrons. The van der Waals surface area contributed by atoms with Gasteiger partial charge >= 0.3 is 0 Å². The van der Waals surface area contributed by atoms with Crippen LogP contribution in [0.15, 0.2) is 47.4 Å². The summed E-state index contributed by atoms with van der Waals surface area (Å²) in [6, 6.07) is 10.9. The molecule has 2 aromatic rings. The Morgan fingerprint density at radius 1 is 1.17 bits per heavy atom. The van der Waals surface area contributed by atoms with Gasteiger partial charge in [0.1, 0.15) is 5.82 Å². The van der Waals surface area contributed by atoms with Gasteiger partial charge < -0.3 is 5.73 Å². The van der Waals surface area contributed by atoms with E-state index in [1.807, 2.05) is 0 Å². The third-order valence-corrected chi connectivity index (χ3v) is 4.17. The molecule has 1 atom stereocenters. The largest absolute Gasteiger partial charge is 0.399 e. The molecule has 0 aliphatic carbocycles. The van der Waals surface area contributed by atoms with Gasteiger partial charge in [-0.3, -0.25) is 4.21 Å². The van der Waals surface area contributed by atoms with Gasteiger partial charge in [-0.2, -0.15) is 0 Å². The van der Waals surface area contributed by atoms with Crippen LogP contribution in [0.4, 0.5) is 10.1 Å². The minimum atomic E-state index is -1.22. The minimum absolute atomic E-state index is 0.253. The maximum Gasteiger partial charge on any atom is 0.124 e. The summed E-state index contributed by atoms with van der Waals surface area (Å²) >= 11 is 5.89. The molecule has 0 aliphatic heterocycles. The molecule has 0 bridgehead atoms. The number of rotatable bonds is 3. The van der Waals surface area contributed by atoms with Gasteiger partial charge in [-0.25, -0.2) is 4.39 Å². The summed E-state index contributed by atoms with van der Waals surface area (Å²) in [7, 11) is -1.22. The normalized spacial score (nSPS) is 12.3. The number of anilines is 1. The van der Waals surface area contributed by atoms with Crippen LogP contribution in [0.3, 0.4) is 0 Å². The van der Waals surface area contributed by atoms with Gasteiger partial charge in [-0.1, -0.05) is 17.7 Å². The second kappa shape index (κ2) is 5.50. The van der Waals surface area contributed by atoms with Crippen molar-refractivity contribution in [2.75, 3.05) is 5.73 Å². The first kappa shape index (κ1) is 13.1. The Morgan fingerprint density at radius 2 is 1.83 bits per heavy atom. The summed E-state index contributed by atoms with van der Waals surface area (Å²) in [5, 5.41) is 0.291. The SMILES string of the molecule is Nc1ccc(S(=O)Cc2ccc(F)cc2Cl)cc1. The maximum atomic E-state index is 12.9. The second-order valence-electron chi connectivity index (χ2n) is 3.79. The van der Waals surface area contributed by atoms with Gasteiger partial charge in [-0.05, 0) is 42.0 Å². The van der Waals surface area contributed by atoms with Crippen molar-refractivity contribution in [1.82, 2.24) is 0 Å². The second-order valence-corrected chi connectivity index (χ2v) is 5.65. The van der Waals surface area contributed by atoms with Gasteiger partial charge in [0.15, 0.2) is 0 Å². The highest BCUT2D eigenvalue weighted by Gasteiger charge is 2.08. The van der Waals surface area contributed by atoms with Crippen molar-refractivity contribution >= 4 is 28.1 Å². The highest BCUT2D eigenvalue weighted by Crippen LogP contribution is 2.21. The van der Waals surface area contributed by atoms with Crippen molar-refractivity contribution in [2.45, 2.75) is 10.6 Å². The third kappa shape index (κ3) is 3.09. The van der Waals surface area contributed by atoms with Crippen LogP contribution in [0.1, 0.15) is 5.56 Å². The van der Waals surface area contributed by atoms with E-state index in [2.05, 4.69) is 0 Å². The molecule has 0 fully saturated rings. The van der Waals surface area contributed by atoms with E-state index in [0.717, 1.165) is 0 Å². The number of nitrogen functional groups attached to an aromatic ring is 1. The lowest BCUT2D eigenvalue weighted by Gasteiger charge is -2.05. The molecule has 0 aromatic heterocycles. The summed E-state index contributed by atoms with van der Waals surface area (Å²) in [6.07, 6.45) is 0. The molecule has 2 N–H and O–H groups in total. The number of nitrogens with two attached hydrogens (primary N) is 1. The monoisotopic (exact) mass is 283 g/mol. The molecule has 2 aromatic carbocycles. The highest BCUT2D eigenvalue weighted by molar-refractivity contribution is 7.84. The molecule has 0 amide bonds. The Hall–Kier alpha value is -1.39. The van der Waals surface area contributed by atoms with Gasteiger partial charge in [0.05, 0.1) is 16.6 Å². The van der Waals surface area contributed by atoms with Crippen LogP contribution in [-0.4, -0.2) is 4.21 Å². The Bertz CT molecular complexity index is 586. The molecule has 0 saturated carbocycles. The van der Waals surface area contributed by atoms with E-state index in [9.17, 15) is 8.60 Å². The van der Waals surface area contributed by atoms with Crippen LogP contribution < -0.4 is 5.73 Å². The van der Waals surface area contributed by atoms with E-state index in [4.69, 9.17) is 17.3 Å². The molecule has 18 heavy (non-hydrogen) atoms. The lowest BCUT2D eigenvalue weighted by Crippen LogP contribution is -1.98. The van der Waals surface area contributed by atoms with Gasteiger partial charge in [0.25, 0.3) is 0 Å². The molecule has 0 heterocycles. The van der Waals surface area contributed by atoms with E-state index in [1.165, 1.54) is 12.1 Å². The average Bonchev–Trinajstić information content (AvgIpc) is 2.33. The van der Waals surface area contributed by atoms with Gasteiger partial charge in [0, 0.05) is 15.6 Å². The van der Waals surface area contributed by atoms with Crippen molar-refractivity contribution in [2.24, 2.45) is 0 Å². The molecule has 2 nitrogen and oxygen atoms in total. The lowest BCUT2D eigenvalue weighted by atomic mass is 10.2. The molecule has 0 spiro atoms. The zero-order valence-corrected chi connectivity index (χ0v) is 11.0. The fourth-order valence-electron chi connectivity index (χ4n) is 1.48. The van der Waals surface area contributed by atoms with Crippen molar-refractivity contribution in [1.29, 1.82) is 0 Å². The Morgan fingerprint density at radius 3 is 2.44 bits per heavy atom. The highest BCUT2D eigenvalue weighted by atomic mass is 35.5. The van der Waals surface area contributed by atoms with Crippen molar-refractivity contribution in [3.63, 3.8) is 0 Å². The summed E-state index contributed by atoms with van der Waals surface area (Å²) < 4.78 is 25.0. The van der Waals surface area contributed by atoms with Crippen LogP contribution in [0.5, 0.6) is 0 Å². The average molecular weight is 284 g/mol. The number of hydrogen-bond donors (Lipinski definition) is 1. The van der Waals surface area contributed by atoms with Crippen molar-refractivity contribution in [3.05, 3.63) is 58.9 Å². The van der Waals surface area contributed by atoms with Gasteiger partial charge in [0.2, 0.25) is 0 Å². The summed E-state index contributed by atoms with van der Waals surface area (Å²) in [5.74, 6) is -0.148. The zero-order chi connectivity index (χ0) is 13.1. The Balaban J connectivity index is 2.18. The fraction of sp³-hybridized carbons (Fsp3) is 0.0769. The first-order valence-electron chi connectivity index (χ1n) is 5.24. The predicted molar refractivity (Wildman–Crippen MR) is 72.4 cm³/mol. The van der Waals surface area contributed by atoms with Crippen molar-refractivity contribution < 1.29 is 8.60 Å². The quantitative estimate of drug-likeness (QED) is 0.878. The number of hydrogen-bond acceptors (Lipinski definition) is 2. The lowest BCUT2D eigenvalue weighted by molar-refractivity contribution is 0.627. The molecule has 1 unspecified atom stereocenters. The van der Waals surface area contributed by atoms with E-state index < -0.39 is 16.6 Å². The molecule has 0 aliphatic rings. The molecule has 94 valence electrons. The molecule has 5 heteroatoms. The van der Waals surface area contributed by atoms with Crippen LogP contribution in [-0.2, 0) is 16.6 Å². The van der Waals surface area contributed by atoms with Crippen LogP contribution in [0.25, 0.3) is 0 Å². The predicted octanol–water partition coefficient (Wildman–Crippen LogP) is 3.37. The van der Waals surface area contributed by atoms with Crippen LogP contribution in [0, 0.1) is 5.82 Å².